The number of aromatic hydroxyl groups is 1. The number of hydrogen-bond donors (Lipinski definition) is 2. The van der Waals surface area contributed by atoms with Gasteiger partial charge in [-0.05, 0) is 36.9 Å². The molecule has 164 valence electrons. The molecule has 1 amide bonds. The molecule has 0 saturated carbocycles. The van der Waals surface area contributed by atoms with Crippen LogP contribution in [0.3, 0.4) is 0 Å². The minimum absolute atomic E-state index is 0.0523. The Bertz CT molecular complexity index is 986. The highest BCUT2D eigenvalue weighted by Crippen LogP contribution is 2.40. The van der Waals surface area contributed by atoms with Crippen molar-refractivity contribution in [2.75, 3.05) is 33.3 Å². The van der Waals surface area contributed by atoms with E-state index in [1.165, 1.54) is 24.1 Å². The van der Waals surface area contributed by atoms with Crippen molar-refractivity contribution in [2.45, 2.75) is 19.9 Å². The van der Waals surface area contributed by atoms with Gasteiger partial charge in [0, 0.05) is 31.5 Å². The Balaban J connectivity index is 2.10. The number of benzene rings is 1. The Kier molecular flexibility index (Phi) is 6.91. The molecule has 0 aliphatic carbocycles. The van der Waals surface area contributed by atoms with Crippen molar-refractivity contribution in [3.05, 3.63) is 59.4 Å². The fraction of sp³-hybridized carbons (Fsp3) is 0.348. The third-order valence-corrected chi connectivity index (χ3v) is 5.55. The molecule has 8 nitrogen and oxygen atoms in total. The SMILES string of the molecule is CCN(CC)CCN1C(=O)C(=O)C(=C(O)c2ccc(OC)cc2O)[C@H]1c1cccnc1. The topological polar surface area (TPSA) is 103 Å². The quantitative estimate of drug-likeness (QED) is 0.381. The van der Waals surface area contributed by atoms with Gasteiger partial charge in [-0.25, -0.2) is 0 Å². The first-order valence-electron chi connectivity index (χ1n) is 10.2. The summed E-state index contributed by atoms with van der Waals surface area (Å²) in [5, 5.41) is 21.4. The highest BCUT2D eigenvalue weighted by atomic mass is 16.5. The number of aliphatic hydroxyl groups is 1. The van der Waals surface area contributed by atoms with Crippen LogP contribution >= 0.6 is 0 Å². The number of nitrogens with zero attached hydrogens (tertiary/aromatic N) is 3. The molecule has 2 heterocycles. The highest BCUT2D eigenvalue weighted by molar-refractivity contribution is 6.46. The van der Waals surface area contributed by atoms with Gasteiger partial charge >= 0.3 is 0 Å². The Morgan fingerprint density at radius 2 is 1.97 bits per heavy atom. The monoisotopic (exact) mass is 425 g/mol. The Labute approximate surface area is 181 Å². The second kappa shape index (κ2) is 9.61. The summed E-state index contributed by atoms with van der Waals surface area (Å²) < 4.78 is 5.08. The number of ketones is 1. The van der Waals surface area contributed by atoms with Crippen LogP contribution in [0, 0.1) is 0 Å². The molecule has 1 fully saturated rings. The van der Waals surface area contributed by atoms with Crippen LogP contribution < -0.4 is 4.74 Å². The maximum absolute atomic E-state index is 13.0. The van der Waals surface area contributed by atoms with Crippen LogP contribution in [-0.2, 0) is 9.59 Å². The van der Waals surface area contributed by atoms with Crippen molar-refractivity contribution in [1.82, 2.24) is 14.8 Å². The van der Waals surface area contributed by atoms with Gasteiger partial charge in [-0.2, -0.15) is 0 Å². The zero-order chi connectivity index (χ0) is 22.5. The van der Waals surface area contributed by atoms with E-state index in [0.717, 1.165) is 13.1 Å². The second-order valence-corrected chi connectivity index (χ2v) is 7.19. The lowest BCUT2D eigenvalue weighted by Crippen LogP contribution is -2.38. The third kappa shape index (κ3) is 4.39. The fourth-order valence-electron chi connectivity index (χ4n) is 3.77. The van der Waals surface area contributed by atoms with Crippen LogP contribution in [0.4, 0.5) is 0 Å². The lowest BCUT2D eigenvalue weighted by atomic mass is 9.96. The number of phenols is 1. The van der Waals surface area contributed by atoms with Gasteiger partial charge in [0.05, 0.1) is 24.3 Å². The highest BCUT2D eigenvalue weighted by Gasteiger charge is 2.46. The maximum atomic E-state index is 13.0. The van der Waals surface area contributed by atoms with Gasteiger partial charge < -0.3 is 24.7 Å². The van der Waals surface area contributed by atoms with E-state index in [1.807, 2.05) is 13.8 Å². The van der Waals surface area contributed by atoms with E-state index in [0.29, 0.717) is 24.4 Å². The first kappa shape index (κ1) is 22.3. The molecule has 0 bridgehead atoms. The number of phenolic OH excluding ortho intramolecular Hbond substituents is 1. The number of ether oxygens (including phenoxy) is 1. The number of amides is 1. The van der Waals surface area contributed by atoms with Gasteiger partial charge in [0.1, 0.15) is 17.3 Å². The normalized spacial score (nSPS) is 18.1. The van der Waals surface area contributed by atoms with E-state index in [1.54, 1.807) is 30.6 Å². The maximum Gasteiger partial charge on any atom is 0.295 e. The lowest BCUT2D eigenvalue weighted by Gasteiger charge is -2.28. The number of likely N-dealkylation sites (N-methyl/N-ethyl adjacent to an activating group) is 1. The molecule has 1 aliphatic rings. The van der Waals surface area contributed by atoms with E-state index in [-0.39, 0.29) is 16.9 Å². The summed E-state index contributed by atoms with van der Waals surface area (Å²) in [5.74, 6) is -1.76. The van der Waals surface area contributed by atoms with Gasteiger partial charge in [0.15, 0.2) is 0 Å². The number of Topliss-reactive ketones (excluding diaryl/α,β-unsaturated/α-hetero) is 1. The van der Waals surface area contributed by atoms with Crippen LogP contribution in [0.1, 0.15) is 31.0 Å². The van der Waals surface area contributed by atoms with Crippen molar-refractivity contribution in [3.63, 3.8) is 0 Å². The number of aromatic nitrogens is 1. The Morgan fingerprint density at radius 1 is 1.23 bits per heavy atom. The molecule has 0 radical (unpaired) electrons. The number of pyridine rings is 1. The van der Waals surface area contributed by atoms with Crippen LogP contribution in [0.25, 0.3) is 5.76 Å². The summed E-state index contributed by atoms with van der Waals surface area (Å²) in [6, 6.07) is 7.02. The van der Waals surface area contributed by atoms with E-state index in [9.17, 15) is 19.8 Å². The zero-order valence-electron chi connectivity index (χ0n) is 17.9. The largest absolute Gasteiger partial charge is 0.507 e. The van der Waals surface area contributed by atoms with E-state index >= 15 is 0 Å². The van der Waals surface area contributed by atoms with Crippen molar-refractivity contribution in [3.8, 4) is 11.5 Å². The third-order valence-electron chi connectivity index (χ3n) is 5.55. The van der Waals surface area contributed by atoms with Gasteiger partial charge in [-0.1, -0.05) is 19.9 Å². The van der Waals surface area contributed by atoms with E-state index < -0.39 is 23.5 Å². The molecule has 0 spiro atoms. The minimum Gasteiger partial charge on any atom is -0.507 e. The van der Waals surface area contributed by atoms with Crippen molar-refractivity contribution in [1.29, 1.82) is 0 Å². The van der Waals surface area contributed by atoms with Crippen LogP contribution in [-0.4, -0.2) is 70.0 Å². The van der Waals surface area contributed by atoms with Crippen molar-refractivity contribution >= 4 is 17.4 Å². The van der Waals surface area contributed by atoms with Gasteiger partial charge in [-0.3, -0.25) is 14.6 Å². The number of rotatable bonds is 8. The molecule has 1 aliphatic heterocycles. The number of methoxy groups -OCH3 is 1. The van der Waals surface area contributed by atoms with Crippen LogP contribution in [0.15, 0.2) is 48.3 Å². The molecule has 8 heteroatoms. The predicted octanol–water partition coefficient (Wildman–Crippen LogP) is 2.56. The van der Waals surface area contributed by atoms with Gasteiger partial charge in [-0.15, -0.1) is 0 Å². The first-order valence-corrected chi connectivity index (χ1v) is 10.2. The number of carbonyl (C=O) groups excluding carboxylic acids is 2. The molecule has 1 aromatic heterocycles. The zero-order valence-corrected chi connectivity index (χ0v) is 17.9. The number of hydrogen-bond acceptors (Lipinski definition) is 7. The molecule has 0 unspecified atom stereocenters. The summed E-state index contributed by atoms with van der Waals surface area (Å²) in [5.41, 5.74) is 0.588. The summed E-state index contributed by atoms with van der Waals surface area (Å²) in [6.07, 6.45) is 3.17. The minimum atomic E-state index is -0.800. The molecule has 2 aromatic rings. The summed E-state index contributed by atoms with van der Waals surface area (Å²) >= 11 is 0. The number of carbonyl (C=O) groups is 2. The van der Waals surface area contributed by atoms with E-state index in [2.05, 4.69) is 9.88 Å². The van der Waals surface area contributed by atoms with Gasteiger partial charge in [0.25, 0.3) is 11.7 Å². The van der Waals surface area contributed by atoms with Gasteiger partial charge in [0.2, 0.25) is 0 Å². The van der Waals surface area contributed by atoms with E-state index in [4.69, 9.17) is 4.74 Å². The van der Waals surface area contributed by atoms with Crippen LogP contribution in [0.5, 0.6) is 11.5 Å². The molecule has 1 aromatic carbocycles. The average molecular weight is 425 g/mol. The summed E-state index contributed by atoms with van der Waals surface area (Å²) in [7, 11) is 1.46. The summed E-state index contributed by atoms with van der Waals surface area (Å²) in [4.78, 5) is 33.6. The van der Waals surface area contributed by atoms with Crippen molar-refractivity contribution in [2.24, 2.45) is 0 Å². The molecule has 3 rings (SSSR count). The first-order chi connectivity index (χ1) is 14.9. The van der Waals surface area contributed by atoms with Crippen LogP contribution in [0.2, 0.25) is 0 Å². The smallest absolute Gasteiger partial charge is 0.295 e. The molecule has 2 N–H and O–H groups in total. The summed E-state index contributed by atoms with van der Waals surface area (Å²) in [6.45, 7) is 6.60. The number of likely N-dealkylation sites (tertiary alicyclic amines) is 1. The Morgan fingerprint density at radius 3 is 2.55 bits per heavy atom. The predicted molar refractivity (Wildman–Crippen MR) is 116 cm³/mol. The average Bonchev–Trinajstić information content (AvgIpc) is 3.04. The molecular formula is C23H27N3O5. The standard InChI is InChI=1S/C23H27N3O5/c1-4-25(5-2)11-12-26-20(15-7-6-10-24-14-15)19(22(29)23(26)30)21(28)17-9-8-16(31-3)13-18(17)27/h6-10,13-14,20,27-28H,4-5,11-12H2,1-3H3/t20-/m1/s1. The van der Waals surface area contributed by atoms with Crippen molar-refractivity contribution < 1.29 is 24.5 Å². The molecular weight excluding hydrogens is 398 g/mol. The molecule has 1 saturated heterocycles. The lowest BCUT2D eigenvalue weighted by molar-refractivity contribution is -0.140. The fourth-order valence-corrected chi connectivity index (χ4v) is 3.77. The molecule has 1 atom stereocenters. The number of aliphatic hydroxyl groups excluding tert-OH is 1. The Hall–Kier alpha value is -3.39. The molecule has 31 heavy (non-hydrogen) atoms. The second-order valence-electron chi connectivity index (χ2n) is 7.19.